The zero-order chi connectivity index (χ0) is 18.7. The van der Waals surface area contributed by atoms with Gasteiger partial charge in [-0.15, -0.1) is 0 Å². The van der Waals surface area contributed by atoms with Gasteiger partial charge >= 0.3 is 0 Å². The summed E-state index contributed by atoms with van der Waals surface area (Å²) >= 11 is 0. The van der Waals surface area contributed by atoms with Crippen molar-refractivity contribution in [1.29, 1.82) is 0 Å². The molecule has 1 aromatic heterocycles. The topological polar surface area (TPSA) is 48.5 Å². The van der Waals surface area contributed by atoms with Crippen molar-refractivity contribution in [2.24, 2.45) is 0 Å². The van der Waals surface area contributed by atoms with Crippen LogP contribution < -0.4 is 10.2 Å². The molecule has 1 aromatic carbocycles. The number of benzene rings is 1. The second kappa shape index (κ2) is 7.46. The van der Waals surface area contributed by atoms with Gasteiger partial charge in [-0.05, 0) is 42.3 Å². The number of hydrogen-bond acceptors (Lipinski definition) is 4. The average Bonchev–Trinajstić information content (AvgIpc) is 2.62. The lowest BCUT2D eigenvalue weighted by Gasteiger charge is -2.34. The molecule has 1 saturated heterocycles. The molecule has 0 spiro atoms. The Morgan fingerprint density at radius 2 is 1.69 bits per heavy atom. The summed E-state index contributed by atoms with van der Waals surface area (Å²) in [5, 5.41) is 2.95. The number of piperazine rings is 1. The number of rotatable bonds is 3. The van der Waals surface area contributed by atoms with Crippen molar-refractivity contribution in [1.82, 2.24) is 9.88 Å². The monoisotopic (exact) mass is 352 g/mol. The Bertz CT molecular complexity index is 756. The standard InChI is InChI=1S/C21H28N4O/c1-21(2,3)16-5-7-17(8-6-16)23-20(26)19-15-18(9-10-22-19)25-13-11-24(4)12-14-25/h5-10,15H,11-14H2,1-4H3,(H,23,26). The number of hydrogen-bond donors (Lipinski definition) is 1. The molecule has 138 valence electrons. The molecule has 1 aliphatic heterocycles. The van der Waals surface area contributed by atoms with Gasteiger partial charge in [-0.2, -0.15) is 0 Å². The molecule has 26 heavy (non-hydrogen) atoms. The zero-order valence-electron chi connectivity index (χ0n) is 16.1. The molecule has 1 fully saturated rings. The molecule has 0 bridgehead atoms. The van der Waals surface area contributed by atoms with E-state index < -0.39 is 0 Å². The summed E-state index contributed by atoms with van der Waals surface area (Å²) in [6.07, 6.45) is 1.71. The van der Waals surface area contributed by atoms with E-state index >= 15 is 0 Å². The minimum absolute atomic E-state index is 0.0982. The summed E-state index contributed by atoms with van der Waals surface area (Å²) in [5.41, 5.74) is 3.63. The van der Waals surface area contributed by atoms with Gasteiger partial charge in [0.2, 0.25) is 0 Å². The van der Waals surface area contributed by atoms with Gasteiger partial charge in [0.15, 0.2) is 0 Å². The smallest absolute Gasteiger partial charge is 0.274 e. The zero-order valence-corrected chi connectivity index (χ0v) is 16.1. The van der Waals surface area contributed by atoms with Gasteiger partial charge in [0.25, 0.3) is 5.91 Å². The highest BCUT2D eigenvalue weighted by molar-refractivity contribution is 6.03. The Morgan fingerprint density at radius 1 is 1.04 bits per heavy atom. The van der Waals surface area contributed by atoms with Crippen molar-refractivity contribution >= 4 is 17.3 Å². The molecular weight excluding hydrogens is 324 g/mol. The van der Waals surface area contributed by atoms with Crippen LogP contribution in [0, 0.1) is 0 Å². The summed E-state index contributed by atoms with van der Waals surface area (Å²) in [6, 6.07) is 11.9. The van der Waals surface area contributed by atoms with E-state index in [1.807, 2.05) is 24.3 Å². The lowest BCUT2D eigenvalue weighted by atomic mass is 9.87. The lowest BCUT2D eigenvalue weighted by Crippen LogP contribution is -2.44. The van der Waals surface area contributed by atoms with E-state index in [1.165, 1.54) is 5.56 Å². The molecule has 0 atom stereocenters. The maximum Gasteiger partial charge on any atom is 0.274 e. The maximum absolute atomic E-state index is 12.6. The largest absolute Gasteiger partial charge is 0.369 e. The van der Waals surface area contributed by atoms with Gasteiger partial charge in [0.05, 0.1) is 0 Å². The van der Waals surface area contributed by atoms with Crippen LogP contribution in [0.1, 0.15) is 36.8 Å². The van der Waals surface area contributed by atoms with E-state index in [2.05, 4.69) is 60.1 Å². The van der Waals surface area contributed by atoms with E-state index in [0.29, 0.717) is 5.69 Å². The fourth-order valence-corrected chi connectivity index (χ4v) is 3.05. The van der Waals surface area contributed by atoms with E-state index in [9.17, 15) is 4.79 Å². The highest BCUT2D eigenvalue weighted by atomic mass is 16.1. The fourth-order valence-electron chi connectivity index (χ4n) is 3.05. The van der Waals surface area contributed by atoms with Gasteiger partial charge in [-0.3, -0.25) is 9.78 Å². The third-order valence-electron chi connectivity index (χ3n) is 4.85. The molecule has 0 aliphatic carbocycles. The van der Waals surface area contributed by atoms with Gasteiger partial charge in [0.1, 0.15) is 5.69 Å². The van der Waals surface area contributed by atoms with Crippen LogP contribution in [0.15, 0.2) is 42.6 Å². The predicted octanol–water partition coefficient (Wildman–Crippen LogP) is 3.38. The summed E-state index contributed by atoms with van der Waals surface area (Å²) < 4.78 is 0. The molecule has 0 saturated carbocycles. The second-order valence-corrected chi connectivity index (χ2v) is 7.97. The number of aromatic nitrogens is 1. The first-order valence-corrected chi connectivity index (χ1v) is 9.14. The number of likely N-dealkylation sites (N-methyl/N-ethyl adjacent to an activating group) is 1. The number of anilines is 2. The van der Waals surface area contributed by atoms with Crippen LogP contribution in [0.3, 0.4) is 0 Å². The van der Waals surface area contributed by atoms with E-state index in [0.717, 1.165) is 37.6 Å². The number of nitrogens with zero attached hydrogens (tertiary/aromatic N) is 3. The van der Waals surface area contributed by atoms with Crippen LogP contribution >= 0.6 is 0 Å². The van der Waals surface area contributed by atoms with Crippen molar-refractivity contribution in [3.8, 4) is 0 Å². The van der Waals surface area contributed by atoms with Crippen molar-refractivity contribution in [3.63, 3.8) is 0 Å². The van der Waals surface area contributed by atoms with Crippen LogP contribution in [-0.2, 0) is 5.41 Å². The molecular formula is C21H28N4O. The summed E-state index contributed by atoms with van der Waals surface area (Å²) in [7, 11) is 2.13. The molecule has 1 aliphatic rings. The summed E-state index contributed by atoms with van der Waals surface area (Å²) in [5.74, 6) is -0.176. The first kappa shape index (κ1) is 18.4. The third kappa shape index (κ3) is 4.41. The normalized spacial score (nSPS) is 15.8. The van der Waals surface area contributed by atoms with E-state index in [4.69, 9.17) is 0 Å². The Balaban J connectivity index is 1.69. The van der Waals surface area contributed by atoms with Crippen LogP contribution in [0.25, 0.3) is 0 Å². The minimum Gasteiger partial charge on any atom is -0.369 e. The number of nitrogens with one attached hydrogen (secondary N) is 1. The lowest BCUT2D eigenvalue weighted by molar-refractivity contribution is 0.102. The fraction of sp³-hybridized carbons (Fsp3) is 0.429. The molecule has 2 aromatic rings. The third-order valence-corrected chi connectivity index (χ3v) is 4.85. The predicted molar refractivity (Wildman–Crippen MR) is 107 cm³/mol. The van der Waals surface area contributed by atoms with Crippen LogP contribution in [-0.4, -0.2) is 49.0 Å². The number of carbonyl (C=O) groups excluding carboxylic acids is 1. The van der Waals surface area contributed by atoms with Gasteiger partial charge in [0, 0.05) is 43.8 Å². The molecule has 1 amide bonds. The van der Waals surface area contributed by atoms with Crippen molar-refractivity contribution in [2.75, 3.05) is 43.4 Å². The molecule has 2 heterocycles. The van der Waals surface area contributed by atoms with Crippen LogP contribution in [0.4, 0.5) is 11.4 Å². The van der Waals surface area contributed by atoms with Crippen molar-refractivity contribution in [3.05, 3.63) is 53.9 Å². The van der Waals surface area contributed by atoms with Gasteiger partial charge < -0.3 is 15.1 Å². The summed E-state index contributed by atoms with van der Waals surface area (Å²) in [6.45, 7) is 10.5. The second-order valence-electron chi connectivity index (χ2n) is 7.97. The highest BCUT2D eigenvalue weighted by Crippen LogP contribution is 2.24. The molecule has 5 nitrogen and oxygen atoms in total. The van der Waals surface area contributed by atoms with Crippen LogP contribution in [0.5, 0.6) is 0 Å². The first-order valence-electron chi connectivity index (χ1n) is 9.14. The minimum atomic E-state index is -0.176. The number of carbonyl (C=O) groups is 1. The maximum atomic E-state index is 12.6. The van der Waals surface area contributed by atoms with Crippen molar-refractivity contribution < 1.29 is 4.79 Å². The van der Waals surface area contributed by atoms with Crippen LogP contribution in [0.2, 0.25) is 0 Å². The first-order chi connectivity index (χ1) is 12.3. The Kier molecular flexibility index (Phi) is 5.28. The number of pyridine rings is 1. The molecule has 0 radical (unpaired) electrons. The van der Waals surface area contributed by atoms with E-state index in [-0.39, 0.29) is 11.3 Å². The van der Waals surface area contributed by atoms with E-state index in [1.54, 1.807) is 6.20 Å². The molecule has 0 unspecified atom stereocenters. The average molecular weight is 352 g/mol. The Morgan fingerprint density at radius 3 is 2.31 bits per heavy atom. The quantitative estimate of drug-likeness (QED) is 0.920. The van der Waals surface area contributed by atoms with Gasteiger partial charge in [-0.25, -0.2) is 0 Å². The SMILES string of the molecule is CN1CCN(c2ccnc(C(=O)Nc3ccc(C(C)(C)C)cc3)c2)CC1. The molecule has 1 N–H and O–H groups in total. The highest BCUT2D eigenvalue weighted by Gasteiger charge is 2.17. The van der Waals surface area contributed by atoms with Gasteiger partial charge in [-0.1, -0.05) is 32.9 Å². The Labute approximate surface area is 156 Å². The van der Waals surface area contributed by atoms with Crippen molar-refractivity contribution in [2.45, 2.75) is 26.2 Å². The molecule has 3 rings (SSSR count). The number of amides is 1. The summed E-state index contributed by atoms with van der Waals surface area (Å²) in [4.78, 5) is 21.4. The Hall–Kier alpha value is -2.40. The molecule has 5 heteroatoms.